The molecular weight excluding hydrogens is 224 g/mol. The predicted octanol–water partition coefficient (Wildman–Crippen LogP) is 4.66. The van der Waals surface area contributed by atoms with Crippen LogP contribution in [-0.2, 0) is 5.66 Å². The molecule has 1 aromatic carbocycles. The lowest BCUT2D eigenvalue weighted by Crippen LogP contribution is -2.13. The Morgan fingerprint density at radius 2 is 1.78 bits per heavy atom. The van der Waals surface area contributed by atoms with Gasteiger partial charge in [0.2, 0.25) is 5.66 Å². The van der Waals surface area contributed by atoms with Gasteiger partial charge in [0.15, 0.2) is 0 Å². The fourth-order valence-corrected chi connectivity index (χ4v) is 3.01. The molecule has 4 heteroatoms. The van der Waals surface area contributed by atoms with Crippen molar-refractivity contribution in [3.05, 3.63) is 34.9 Å². The first-order chi connectivity index (χ1) is 8.69. The van der Waals surface area contributed by atoms with Gasteiger partial charge < -0.3 is 0 Å². The molecule has 0 N–H and O–H groups in total. The van der Waals surface area contributed by atoms with Crippen molar-refractivity contribution < 1.29 is 0 Å². The van der Waals surface area contributed by atoms with Gasteiger partial charge >= 0.3 is 0 Å². The number of benzene rings is 1. The highest BCUT2D eigenvalue weighted by Crippen LogP contribution is 2.38. The van der Waals surface area contributed by atoms with E-state index in [1.165, 1.54) is 36.8 Å². The minimum absolute atomic E-state index is 0.612. The third-order valence-corrected chi connectivity index (χ3v) is 4.13. The third-order valence-electron chi connectivity index (χ3n) is 4.13. The smallest absolute Gasteiger partial charge is 0.130 e. The van der Waals surface area contributed by atoms with E-state index in [0.29, 0.717) is 0 Å². The van der Waals surface area contributed by atoms with Crippen LogP contribution in [-0.4, -0.2) is 0 Å². The molecule has 0 unspecified atom stereocenters. The van der Waals surface area contributed by atoms with Gasteiger partial charge in [-0.25, -0.2) is 0 Å². The van der Waals surface area contributed by atoms with E-state index in [4.69, 9.17) is 0 Å². The molecule has 3 rings (SSSR count). The van der Waals surface area contributed by atoms with E-state index in [9.17, 15) is 0 Å². The summed E-state index contributed by atoms with van der Waals surface area (Å²) >= 11 is 0. The first-order valence-electron chi connectivity index (χ1n) is 6.64. The molecule has 1 heterocycles. The van der Waals surface area contributed by atoms with Crippen LogP contribution < -0.4 is 0 Å². The monoisotopic (exact) mass is 242 g/mol. The summed E-state index contributed by atoms with van der Waals surface area (Å²) in [5.41, 5.74) is 3.30. The lowest BCUT2D eigenvalue weighted by Gasteiger charge is -2.18. The minimum atomic E-state index is -0.612. The summed E-state index contributed by atoms with van der Waals surface area (Å²) in [7, 11) is 0. The zero-order valence-corrected chi connectivity index (χ0v) is 10.9. The summed E-state index contributed by atoms with van der Waals surface area (Å²) in [6.07, 6.45) is 5.39. The van der Waals surface area contributed by atoms with Gasteiger partial charge in [-0.2, -0.15) is 0 Å². The first-order valence-corrected chi connectivity index (χ1v) is 6.64. The maximum atomic E-state index is 4.10. The molecule has 0 aromatic heterocycles. The van der Waals surface area contributed by atoms with E-state index < -0.39 is 5.66 Å². The molecule has 0 atom stereocenters. The summed E-state index contributed by atoms with van der Waals surface area (Å²) in [5.74, 6) is 0.749. The molecule has 0 radical (unpaired) electrons. The average Bonchev–Trinajstić information content (AvgIpc) is 3.00. The molecule has 1 aromatic rings. The highest BCUT2D eigenvalue weighted by Gasteiger charge is 2.30. The summed E-state index contributed by atoms with van der Waals surface area (Å²) in [5, 5.41) is 15.4. The van der Waals surface area contributed by atoms with Gasteiger partial charge in [-0.15, -0.1) is 10.2 Å². The van der Waals surface area contributed by atoms with Gasteiger partial charge in [0.05, 0.1) is 0 Å². The summed E-state index contributed by atoms with van der Waals surface area (Å²) in [6.45, 7) is 4.13. The largest absolute Gasteiger partial charge is 0.217 e. The van der Waals surface area contributed by atoms with Crippen molar-refractivity contribution in [2.45, 2.75) is 51.1 Å². The van der Waals surface area contributed by atoms with E-state index in [1.807, 2.05) is 6.92 Å². The zero-order chi connectivity index (χ0) is 12.6. The minimum Gasteiger partial charge on any atom is -0.130 e. The number of aryl methyl sites for hydroxylation is 1. The maximum Gasteiger partial charge on any atom is 0.217 e. The van der Waals surface area contributed by atoms with Gasteiger partial charge in [-0.05, 0) is 54.2 Å². The maximum absolute atomic E-state index is 4.10. The van der Waals surface area contributed by atoms with Crippen molar-refractivity contribution in [2.75, 3.05) is 0 Å². The van der Waals surface area contributed by atoms with Crippen LogP contribution in [0.5, 0.6) is 0 Å². The van der Waals surface area contributed by atoms with E-state index in [2.05, 4.69) is 45.8 Å². The lowest BCUT2D eigenvalue weighted by atomic mass is 9.90. The van der Waals surface area contributed by atoms with Gasteiger partial charge in [-0.1, -0.05) is 31.0 Å². The molecule has 4 nitrogen and oxygen atoms in total. The highest BCUT2D eigenvalue weighted by molar-refractivity contribution is 5.37. The van der Waals surface area contributed by atoms with Crippen LogP contribution in [0.2, 0.25) is 0 Å². The SMILES string of the molecule is Cc1cc(C2(C)N=NN=N2)ccc1C1CCCC1. The van der Waals surface area contributed by atoms with Crippen molar-refractivity contribution in [3.63, 3.8) is 0 Å². The van der Waals surface area contributed by atoms with Crippen LogP contribution in [0.1, 0.15) is 55.2 Å². The van der Waals surface area contributed by atoms with Crippen LogP contribution >= 0.6 is 0 Å². The van der Waals surface area contributed by atoms with Gasteiger partial charge in [0, 0.05) is 5.56 Å². The number of hydrogen-bond acceptors (Lipinski definition) is 4. The Hall–Kier alpha value is -1.58. The summed E-state index contributed by atoms with van der Waals surface area (Å²) in [4.78, 5) is 0. The Labute approximate surface area is 107 Å². The van der Waals surface area contributed by atoms with Crippen LogP contribution in [0.25, 0.3) is 0 Å². The van der Waals surface area contributed by atoms with Gasteiger partial charge in [0.1, 0.15) is 0 Å². The molecule has 0 amide bonds. The van der Waals surface area contributed by atoms with Crippen LogP contribution in [0.15, 0.2) is 38.9 Å². The van der Waals surface area contributed by atoms with Gasteiger partial charge in [0.25, 0.3) is 0 Å². The van der Waals surface area contributed by atoms with Crippen molar-refractivity contribution in [1.29, 1.82) is 0 Å². The van der Waals surface area contributed by atoms with Crippen LogP contribution in [0.4, 0.5) is 0 Å². The number of rotatable bonds is 2. The van der Waals surface area contributed by atoms with E-state index in [0.717, 1.165) is 11.5 Å². The Kier molecular flexibility index (Phi) is 2.73. The normalized spacial score (nSPS) is 21.9. The highest BCUT2D eigenvalue weighted by atomic mass is 15.6. The van der Waals surface area contributed by atoms with Crippen molar-refractivity contribution >= 4 is 0 Å². The van der Waals surface area contributed by atoms with Crippen LogP contribution in [0, 0.1) is 6.92 Å². The quantitative estimate of drug-likeness (QED) is 0.724. The Bertz CT molecular complexity index is 501. The predicted molar refractivity (Wildman–Crippen MR) is 69.5 cm³/mol. The Morgan fingerprint density at radius 3 is 2.39 bits per heavy atom. The Balaban J connectivity index is 1.93. The van der Waals surface area contributed by atoms with Gasteiger partial charge in [-0.3, -0.25) is 0 Å². The average molecular weight is 242 g/mol. The van der Waals surface area contributed by atoms with Crippen LogP contribution in [0.3, 0.4) is 0 Å². The second-order valence-electron chi connectivity index (χ2n) is 5.45. The van der Waals surface area contributed by atoms with Crippen molar-refractivity contribution in [1.82, 2.24) is 0 Å². The van der Waals surface area contributed by atoms with Crippen molar-refractivity contribution in [3.8, 4) is 0 Å². The third kappa shape index (κ3) is 1.85. The van der Waals surface area contributed by atoms with Crippen molar-refractivity contribution in [2.24, 2.45) is 20.7 Å². The van der Waals surface area contributed by atoms with E-state index >= 15 is 0 Å². The van der Waals surface area contributed by atoms with E-state index in [-0.39, 0.29) is 0 Å². The lowest BCUT2D eigenvalue weighted by molar-refractivity contribution is 0.517. The molecule has 0 saturated heterocycles. The molecule has 2 aliphatic rings. The second kappa shape index (κ2) is 4.26. The number of hydrogen-bond donors (Lipinski definition) is 0. The molecule has 0 spiro atoms. The molecule has 94 valence electrons. The molecule has 1 aliphatic heterocycles. The molecule has 1 fully saturated rings. The molecule has 18 heavy (non-hydrogen) atoms. The van der Waals surface area contributed by atoms with E-state index in [1.54, 1.807) is 0 Å². The zero-order valence-electron chi connectivity index (χ0n) is 10.9. The summed E-state index contributed by atoms with van der Waals surface area (Å²) < 4.78 is 0. The fourth-order valence-electron chi connectivity index (χ4n) is 3.01. The standard InChI is InChI=1S/C14H18N4/c1-10-9-12(14(2)15-17-18-16-14)7-8-13(10)11-5-3-4-6-11/h7-9,11H,3-6H2,1-2H3. The molecule has 0 bridgehead atoms. The topological polar surface area (TPSA) is 49.4 Å². The first kappa shape index (κ1) is 11.5. The molecular formula is C14H18N4. The summed E-state index contributed by atoms with van der Waals surface area (Å²) in [6, 6.07) is 6.57. The second-order valence-corrected chi connectivity index (χ2v) is 5.45. The number of nitrogens with zero attached hydrogens (tertiary/aromatic N) is 4. The Morgan fingerprint density at radius 1 is 1.11 bits per heavy atom. The molecule has 1 aliphatic carbocycles. The molecule has 1 saturated carbocycles. The fraction of sp³-hybridized carbons (Fsp3) is 0.571.